The summed E-state index contributed by atoms with van der Waals surface area (Å²) in [6.45, 7) is 9.41. The highest BCUT2D eigenvalue weighted by molar-refractivity contribution is 5.92. The molecule has 2 heterocycles. The lowest BCUT2D eigenvalue weighted by Crippen LogP contribution is -2.14. The third-order valence-corrected chi connectivity index (χ3v) is 6.24. The van der Waals surface area contributed by atoms with E-state index in [1.54, 1.807) is 36.7 Å². The van der Waals surface area contributed by atoms with Gasteiger partial charge in [0.15, 0.2) is 0 Å². The number of nitrogens with zero attached hydrogens (tertiary/aromatic N) is 2. The third kappa shape index (κ3) is 8.88. The summed E-state index contributed by atoms with van der Waals surface area (Å²) in [6.07, 6.45) is 11.8. The van der Waals surface area contributed by atoms with E-state index in [9.17, 15) is 9.59 Å². The molecule has 2 aromatic rings. The zero-order chi connectivity index (χ0) is 24.8. The van der Waals surface area contributed by atoms with Gasteiger partial charge in [-0.3, -0.25) is 9.97 Å². The van der Waals surface area contributed by atoms with Gasteiger partial charge in [-0.1, -0.05) is 66.2 Å². The third-order valence-electron chi connectivity index (χ3n) is 6.24. The van der Waals surface area contributed by atoms with Gasteiger partial charge in [0.05, 0.1) is 35.7 Å². The summed E-state index contributed by atoms with van der Waals surface area (Å²) in [7, 11) is 0. The van der Waals surface area contributed by atoms with Crippen molar-refractivity contribution in [1.29, 1.82) is 0 Å². The summed E-state index contributed by atoms with van der Waals surface area (Å²) < 4.78 is 11.1. The van der Waals surface area contributed by atoms with Crippen molar-refractivity contribution in [2.24, 2.45) is 11.8 Å². The second-order valence-electron chi connectivity index (χ2n) is 8.89. The molecule has 34 heavy (non-hydrogen) atoms. The molecule has 2 aromatic heterocycles. The molecule has 0 saturated heterocycles. The minimum atomic E-state index is -0.369. The lowest BCUT2D eigenvalue weighted by molar-refractivity contribution is 0.0419. The molecule has 0 bridgehead atoms. The van der Waals surface area contributed by atoms with Crippen LogP contribution >= 0.6 is 0 Å². The summed E-state index contributed by atoms with van der Waals surface area (Å²) in [4.78, 5) is 33.9. The quantitative estimate of drug-likeness (QED) is 0.265. The molecule has 0 radical (unpaired) electrons. The minimum absolute atomic E-state index is 0.369. The maximum absolute atomic E-state index is 12.6. The van der Waals surface area contributed by atoms with E-state index in [4.69, 9.17) is 9.47 Å². The van der Waals surface area contributed by atoms with Gasteiger partial charge in [0.25, 0.3) is 0 Å². The molecule has 0 amide bonds. The van der Waals surface area contributed by atoms with Gasteiger partial charge in [-0.2, -0.15) is 0 Å². The Balaban J connectivity index is 2.04. The van der Waals surface area contributed by atoms with E-state index in [1.807, 2.05) is 0 Å². The van der Waals surface area contributed by atoms with E-state index >= 15 is 0 Å². The van der Waals surface area contributed by atoms with Gasteiger partial charge in [0.2, 0.25) is 0 Å². The molecule has 2 atom stereocenters. The van der Waals surface area contributed by atoms with Crippen LogP contribution in [0.3, 0.4) is 0 Å². The van der Waals surface area contributed by atoms with Crippen LogP contribution in [0.25, 0.3) is 11.4 Å². The molecule has 0 aliphatic carbocycles. The molecule has 0 N–H and O–H groups in total. The standard InChI is InChI=1S/C28H40N2O4/c1-5-9-11-21(7-3)19-33-27(31)23-13-15-29-25(17-23)26-18-24(14-16-30-26)28(32)34-20-22(8-4)12-10-6-2/h13-18,21-22H,5-12,19-20H2,1-4H3. The van der Waals surface area contributed by atoms with E-state index in [2.05, 4.69) is 37.7 Å². The first-order valence-corrected chi connectivity index (χ1v) is 12.8. The number of ether oxygens (including phenoxy) is 2. The van der Waals surface area contributed by atoms with Crippen LogP contribution in [-0.2, 0) is 9.47 Å². The molecule has 0 aliphatic heterocycles. The Bertz CT molecular complexity index is 826. The predicted molar refractivity (Wildman–Crippen MR) is 135 cm³/mol. The Kier molecular flexibility index (Phi) is 12.3. The van der Waals surface area contributed by atoms with Crippen molar-refractivity contribution < 1.29 is 19.1 Å². The number of esters is 2. The number of aromatic nitrogens is 2. The topological polar surface area (TPSA) is 78.4 Å². The Hall–Kier alpha value is -2.76. The van der Waals surface area contributed by atoms with Crippen LogP contribution in [0.2, 0.25) is 0 Å². The zero-order valence-electron chi connectivity index (χ0n) is 21.2. The number of hydrogen-bond acceptors (Lipinski definition) is 6. The van der Waals surface area contributed by atoms with Gasteiger partial charge >= 0.3 is 11.9 Å². The van der Waals surface area contributed by atoms with Crippen LogP contribution < -0.4 is 0 Å². The highest BCUT2D eigenvalue weighted by Crippen LogP contribution is 2.20. The fraction of sp³-hybridized carbons (Fsp3) is 0.571. The number of carbonyl (C=O) groups is 2. The first-order valence-electron chi connectivity index (χ1n) is 12.8. The van der Waals surface area contributed by atoms with Crippen LogP contribution in [0.4, 0.5) is 0 Å². The molecule has 0 aliphatic rings. The Labute approximate surface area is 204 Å². The molecule has 2 rings (SSSR count). The van der Waals surface area contributed by atoms with Crippen LogP contribution in [0.5, 0.6) is 0 Å². The molecule has 2 unspecified atom stereocenters. The Morgan fingerprint density at radius 3 is 1.50 bits per heavy atom. The fourth-order valence-corrected chi connectivity index (χ4v) is 3.75. The lowest BCUT2D eigenvalue weighted by Gasteiger charge is -2.15. The number of pyridine rings is 2. The second-order valence-corrected chi connectivity index (χ2v) is 8.89. The lowest BCUT2D eigenvalue weighted by atomic mass is 10.0. The number of hydrogen-bond donors (Lipinski definition) is 0. The fourth-order valence-electron chi connectivity index (χ4n) is 3.75. The largest absolute Gasteiger partial charge is 0.462 e. The molecule has 6 heteroatoms. The molecule has 0 fully saturated rings. The van der Waals surface area contributed by atoms with E-state index in [1.165, 1.54) is 0 Å². The molecule has 6 nitrogen and oxygen atoms in total. The summed E-state index contributed by atoms with van der Waals surface area (Å²) in [5, 5.41) is 0. The van der Waals surface area contributed by atoms with Gasteiger partial charge in [0, 0.05) is 12.4 Å². The first-order chi connectivity index (χ1) is 16.5. The van der Waals surface area contributed by atoms with Crippen molar-refractivity contribution in [3.05, 3.63) is 47.8 Å². The van der Waals surface area contributed by atoms with Crippen molar-refractivity contribution in [2.75, 3.05) is 13.2 Å². The van der Waals surface area contributed by atoms with Crippen LogP contribution in [0, 0.1) is 11.8 Å². The summed E-state index contributed by atoms with van der Waals surface area (Å²) in [5.41, 5.74) is 1.87. The molecular formula is C28H40N2O4. The van der Waals surface area contributed by atoms with Crippen LogP contribution in [0.15, 0.2) is 36.7 Å². The summed E-state index contributed by atoms with van der Waals surface area (Å²) in [6, 6.07) is 6.59. The van der Waals surface area contributed by atoms with Gasteiger partial charge < -0.3 is 9.47 Å². The second kappa shape index (κ2) is 15.2. The Morgan fingerprint density at radius 2 is 1.15 bits per heavy atom. The molecule has 186 valence electrons. The van der Waals surface area contributed by atoms with Gasteiger partial charge in [0.1, 0.15) is 0 Å². The summed E-state index contributed by atoms with van der Waals surface area (Å²) >= 11 is 0. The van der Waals surface area contributed by atoms with Crippen LogP contribution in [-0.4, -0.2) is 35.1 Å². The van der Waals surface area contributed by atoms with Gasteiger partial charge in [-0.05, 0) is 48.9 Å². The summed E-state index contributed by atoms with van der Waals surface area (Å²) in [5.74, 6) is 0.0198. The predicted octanol–water partition coefficient (Wildman–Crippen LogP) is 6.89. The van der Waals surface area contributed by atoms with E-state index in [-0.39, 0.29) is 11.9 Å². The minimum Gasteiger partial charge on any atom is -0.462 e. The molecule has 0 spiro atoms. The van der Waals surface area contributed by atoms with Crippen molar-refractivity contribution >= 4 is 11.9 Å². The monoisotopic (exact) mass is 468 g/mol. The van der Waals surface area contributed by atoms with E-state index in [0.29, 0.717) is 47.6 Å². The normalized spacial score (nSPS) is 12.7. The van der Waals surface area contributed by atoms with E-state index < -0.39 is 0 Å². The SMILES string of the molecule is CCCCC(CC)COC(=O)c1ccnc(-c2cc(C(=O)OCC(CC)CCCC)ccn2)c1. The Morgan fingerprint density at radius 1 is 0.735 bits per heavy atom. The number of rotatable bonds is 15. The average molecular weight is 469 g/mol. The van der Waals surface area contributed by atoms with Crippen molar-refractivity contribution in [2.45, 2.75) is 79.1 Å². The molecular weight excluding hydrogens is 428 g/mol. The number of unbranched alkanes of at least 4 members (excludes halogenated alkanes) is 2. The maximum atomic E-state index is 12.6. The van der Waals surface area contributed by atoms with E-state index in [0.717, 1.165) is 51.4 Å². The number of carbonyl (C=O) groups excluding carboxylic acids is 2. The highest BCUT2D eigenvalue weighted by atomic mass is 16.5. The van der Waals surface area contributed by atoms with Crippen molar-refractivity contribution in [3.63, 3.8) is 0 Å². The zero-order valence-corrected chi connectivity index (χ0v) is 21.2. The van der Waals surface area contributed by atoms with Gasteiger partial charge in [-0.25, -0.2) is 9.59 Å². The molecule has 0 aromatic carbocycles. The van der Waals surface area contributed by atoms with Gasteiger partial charge in [-0.15, -0.1) is 0 Å². The van der Waals surface area contributed by atoms with Crippen molar-refractivity contribution in [1.82, 2.24) is 9.97 Å². The highest BCUT2D eigenvalue weighted by Gasteiger charge is 2.16. The van der Waals surface area contributed by atoms with Crippen molar-refractivity contribution in [3.8, 4) is 11.4 Å². The first kappa shape index (κ1) is 27.5. The van der Waals surface area contributed by atoms with Crippen LogP contribution in [0.1, 0.15) is 99.8 Å². The molecule has 0 saturated carbocycles. The average Bonchev–Trinajstić information content (AvgIpc) is 2.88. The smallest absolute Gasteiger partial charge is 0.338 e. The maximum Gasteiger partial charge on any atom is 0.338 e.